The maximum atomic E-state index is 13.9. The average Bonchev–Trinajstić information content (AvgIpc) is 1.65. The fourth-order valence-corrected chi connectivity index (χ4v) is 10.2. The average molecular weight is 1360 g/mol. The molecule has 0 saturated carbocycles. The molecule has 4 aromatic heterocycles. The highest BCUT2D eigenvalue weighted by Gasteiger charge is 2.37. The standard InChI is InChI=1S/C30H21ClF3N5O6.C20H14ClF3N4O4.C10H8BrNO2/c1-36-24-23(27(42)38(29(36)43)14-13-37-25(40)21-7-2-3-8-22(21)26(37)41)39(16-17-9-11-18(31)12-10-17)28(35-24)44-19-5-4-6-20(15-19)45-30(32,33)34;1-27-16-15(17(29)26-18(27)30)28(10-11-5-7-12(21)8-6-11)19(25-16)31-13-3-2-4-14(9-13)32-20(22,23)24;11-5-6-12-9(13)7-3-1-2-4-8(7)10(12)14/h2-12,15H,13-14,16H2,1H3;2-9H,10H2,1H3,(H,26,29,30);1-4H,5-6H2. The Hall–Kier alpha value is -10.3. The van der Waals surface area contributed by atoms with E-state index < -0.39 is 58.5 Å². The third-order valence-electron chi connectivity index (χ3n) is 13.8. The topological polar surface area (TPSA) is 246 Å². The van der Waals surface area contributed by atoms with Crippen LogP contribution in [0.4, 0.5) is 26.3 Å². The van der Waals surface area contributed by atoms with Gasteiger partial charge in [-0.15, -0.1) is 26.3 Å². The predicted octanol–water partition coefficient (Wildman–Crippen LogP) is 10.1. The lowest BCUT2D eigenvalue weighted by molar-refractivity contribution is -0.275. The summed E-state index contributed by atoms with van der Waals surface area (Å²) in [5.41, 5.74) is -0.0642. The van der Waals surface area contributed by atoms with E-state index in [0.29, 0.717) is 38.6 Å². The van der Waals surface area contributed by atoms with Crippen molar-refractivity contribution in [1.82, 2.24) is 47.6 Å². The number of amides is 4. The summed E-state index contributed by atoms with van der Waals surface area (Å²) in [5, 5.41) is 1.59. The second kappa shape index (κ2) is 26.1. The summed E-state index contributed by atoms with van der Waals surface area (Å²) in [6.07, 6.45) is -9.80. The van der Waals surface area contributed by atoms with E-state index in [4.69, 9.17) is 32.7 Å². The van der Waals surface area contributed by atoms with Crippen molar-refractivity contribution in [1.29, 1.82) is 0 Å². The Balaban J connectivity index is 0.000000170. The molecule has 6 aromatic carbocycles. The molecule has 0 saturated heterocycles. The third-order valence-corrected chi connectivity index (χ3v) is 14.6. The molecule has 12 rings (SSSR count). The molecule has 4 amide bonds. The van der Waals surface area contributed by atoms with Crippen LogP contribution in [0.5, 0.6) is 35.0 Å². The molecular weight excluding hydrogens is 1320 g/mol. The quantitative estimate of drug-likeness (QED) is 0.0570. The van der Waals surface area contributed by atoms with Crippen molar-refractivity contribution in [3.8, 4) is 35.0 Å². The van der Waals surface area contributed by atoms with Crippen LogP contribution in [0.1, 0.15) is 52.6 Å². The first-order valence-corrected chi connectivity index (χ1v) is 28.6. The number of hydrogen-bond donors (Lipinski definition) is 1. The first-order valence-electron chi connectivity index (χ1n) is 26.7. The van der Waals surface area contributed by atoms with Crippen LogP contribution in [-0.2, 0) is 33.7 Å². The Kier molecular flexibility index (Phi) is 18.3. The second-order valence-electron chi connectivity index (χ2n) is 19.7. The molecule has 2 aliphatic heterocycles. The molecule has 0 atom stereocenters. The summed E-state index contributed by atoms with van der Waals surface area (Å²) in [6.45, 7) is -0.0390. The number of ether oxygens (including phenoxy) is 4. The van der Waals surface area contributed by atoms with Crippen LogP contribution in [0.25, 0.3) is 22.3 Å². The number of fused-ring (bicyclic) bond motifs is 4. The zero-order chi connectivity index (χ0) is 65.2. The van der Waals surface area contributed by atoms with Crippen molar-refractivity contribution >= 4 is 85.1 Å². The molecule has 0 spiro atoms. The predicted molar refractivity (Wildman–Crippen MR) is 320 cm³/mol. The van der Waals surface area contributed by atoms with Gasteiger partial charge < -0.3 is 18.9 Å². The number of carbonyl (C=O) groups is 4. The number of carbonyl (C=O) groups excluding carboxylic acids is 4. The lowest BCUT2D eigenvalue weighted by Gasteiger charge is -2.15. The number of imide groups is 2. The molecule has 1 N–H and O–H groups in total. The van der Waals surface area contributed by atoms with Gasteiger partial charge >= 0.3 is 36.1 Å². The van der Waals surface area contributed by atoms with Crippen molar-refractivity contribution in [2.75, 3.05) is 18.4 Å². The molecule has 91 heavy (non-hydrogen) atoms. The van der Waals surface area contributed by atoms with Gasteiger partial charge in [0.15, 0.2) is 22.3 Å². The highest BCUT2D eigenvalue weighted by molar-refractivity contribution is 9.09. The number of aryl methyl sites for hydroxylation is 2. The molecular formula is C60H43BrCl2F6N10O12. The van der Waals surface area contributed by atoms with E-state index in [1.54, 1.807) is 84.9 Å². The Morgan fingerprint density at radius 3 is 1.30 bits per heavy atom. The summed E-state index contributed by atoms with van der Waals surface area (Å²) in [4.78, 5) is 114. The lowest BCUT2D eigenvalue weighted by Crippen LogP contribution is -2.43. The summed E-state index contributed by atoms with van der Waals surface area (Å²) in [5.74, 6) is -2.58. The molecule has 2 aliphatic rings. The SMILES string of the molecule is Cn1c(=O)[nH]c(=O)c2c1nc(Oc1cccc(OC(F)(F)F)c1)n2Cc1ccc(Cl)cc1.Cn1c(=O)n(CCN2C(=O)c3ccccc3C2=O)c(=O)c2c1nc(Oc1cccc(OC(F)(F)F)c1)n2Cc1ccc(Cl)cc1.O=C1c2ccccc2C(=O)N1CCBr. The van der Waals surface area contributed by atoms with Crippen LogP contribution in [-0.4, -0.2) is 102 Å². The highest BCUT2D eigenvalue weighted by atomic mass is 79.9. The van der Waals surface area contributed by atoms with E-state index in [1.807, 2.05) is 0 Å². The molecule has 31 heteroatoms. The van der Waals surface area contributed by atoms with Crippen LogP contribution in [0.2, 0.25) is 10.0 Å². The van der Waals surface area contributed by atoms with Gasteiger partial charge in [-0.05, 0) is 83.9 Å². The van der Waals surface area contributed by atoms with Gasteiger partial charge in [0.05, 0.1) is 35.3 Å². The van der Waals surface area contributed by atoms with E-state index in [-0.39, 0.29) is 95.0 Å². The maximum Gasteiger partial charge on any atom is 0.573 e. The molecule has 0 fully saturated rings. The number of aromatic amines is 1. The number of benzene rings is 6. The largest absolute Gasteiger partial charge is 0.573 e. The minimum atomic E-state index is -4.93. The van der Waals surface area contributed by atoms with Crippen LogP contribution < -0.4 is 41.4 Å². The number of H-pyrrole nitrogens is 1. The highest BCUT2D eigenvalue weighted by Crippen LogP contribution is 2.33. The Morgan fingerprint density at radius 1 is 0.484 bits per heavy atom. The number of aromatic nitrogens is 8. The number of nitrogens with zero attached hydrogens (tertiary/aromatic N) is 9. The molecule has 468 valence electrons. The van der Waals surface area contributed by atoms with Gasteiger partial charge in [0.25, 0.3) is 34.7 Å². The molecule has 6 heterocycles. The maximum absolute atomic E-state index is 13.9. The van der Waals surface area contributed by atoms with E-state index in [9.17, 15) is 64.7 Å². The molecule has 22 nitrogen and oxygen atoms in total. The summed E-state index contributed by atoms with van der Waals surface area (Å²) in [6, 6.07) is 35.9. The van der Waals surface area contributed by atoms with E-state index in [2.05, 4.69) is 40.4 Å². The van der Waals surface area contributed by atoms with E-state index in [1.165, 1.54) is 64.5 Å². The first-order chi connectivity index (χ1) is 43.3. The Labute approximate surface area is 525 Å². The van der Waals surface area contributed by atoms with Crippen LogP contribution in [0, 0.1) is 0 Å². The fourth-order valence-electron chi connectivity index (χ4n) is 9.61. The normalized spacial score (nSPS) is 12.8. The molecule has 10 aromatic rings. The number of hydrogen-bond acceptors (Lipinski definition) is 14. The summed E-state index contributed by atoms with van der Waals surface area (Å²) in [7, 11) is 2.80. The minimum absolute atomic E-state index is 0.00636. The number of rotatable bonds is 15. The zero-order valence-electron chi connectivity index (χ0n) is 46.9. The van der Waals surface area contributed by atoms with Gasteiger partial charge in [-0.1, -0.05) is 99.8 Å². The molecule has 0 bridgehead atoms. The minimum Gasteiger partial charge on any atom is -0.425 e. The number of alkyl halides is 7. The Morgan fingerprint density at radius 2 is 0.879 bits per heavy atom. The van der Waals surface area contributed by atoms with Crippen molar-refractivity contribution in [3.05, 3.63) is 231 Å². The number of imidazole rings is 2. The second-order valence-corrected chi connectivity index (χ2v) is 21.4. The van der Waals surface area contributed by atoms with Crippen LogP contribution in [0.15, 0.2) is 165 Å². The molecule has 0 unspecified atom stereocenters. The zero-order valence-corrected chi connectivity index (χ0v) is 50.0. The van der Waals surface area contributed by atoms with Crippen molar-refractivity contribution in [2.24, 2.45) is 14.1 Å². The number of halogens is 9. The van der Waals surface area contributed by atoms with Crippen molar-refractivity contribution in [3.63, 3.8) is 0 Å². The van der Waals surface area contributed by atoms with Crippen molar-refractivity contribution in [2.45, 2.75) is 32.4 Å². The monoisotopic (exact) mass is 1360 g/mol. The summed E-state index contributed by atoms with van der Waals surface area (Å²) < 4.78 is 101. The molecule has 0 radical (unpaired) electrons. The van der Waals surface area contributed by atoms with Crippen LogP contribution >= 0.6 is 39.1 Å². The van der Waals surface area contributed by atoms with Gasteiger partial charge in [0.2, 0.25) is 0 Å². The van der Waals surface area contributed by atoms with Crippen LogP contribution in [0.3, 0.4) is 0 Å². The van der Waals surface area contributed by atoms with Gasteiger partial charge in [0, 0.05) is 61.2 Å². The lowest BCUT2D eigenvalue weighted by atomic mass is 10.1. The van der Waals surface area contributed by atoms with E-state index in [0.717, 1.165) is 48.4 Å². The van der Waals surface area contributed by atoms with Gasteiger partial charge in [0.1, 0.15) is 23.0 Å². The first kappa shape index (κ1) is 63.7. The smallest absolute Gasteiger partial charge is 0.425 e. The third kappa shape index (κ3) is 14.0. The summed E-state index contributed by atoms with van der Waals surface area (Å²) >= 11 is 15.2. The van der Waals surface area contributed by atoms with Gasteiger partial charge in [-0.3, -0.25) is 66.4 Å². The fraction of sp³-hybridized carbons (Fsp3) is 0.167. The van der Waals surface area contributed by atoms with E-state index >= 15 is 0 Å². The Bertz CT molecular complexity index is 4690. The molecule has 0 aliphatic carbocycles. The van der Waals surface area contributed by atoms with Gasteiger partial charge in [-0.25, -0.2) is 9.59 Å². The number of nitrogens with one attached hydrogen (secondary N) is 1. The van der Waals surface area contributed by atoms with Crippen molar-refractivity contribution < 1.29 is 64.5 Å². The van der Waals surface area contributed by atoms with Gasteiger partial charge in [-0.2, -0.15) is 9.97 Å².